The van der Waals surface area contributed by atoms with E-state index in [0.29, 0.717) is 24.2 Å². The molecule has 2 aliphatic heterocycles. The smallest absolute Gasteiger partial charge is 0.250 e. The molecule has 0 aromatic carbocycles. The maximum absolute atomic E-state index is 12.1. The Hall–Kier alpha value is -2.17. The van der Waals surface area contributed by atoms with Gasteiger partial charge in [-0.15, -0.1) is 36.6 Å². The zero-order valence-corrected chi connectivity index (χ0v) is 22.0. The molecule has 2 N–H and O–H groups in total. The fourth-order valence-electron chi connectivity index (χ4n) is 4.59. The molecule has 0 unspecified atom stereocenters. The first kappa shape index (κ1) is 27.4. The second kappa shape index (κ2) is 12.2. The van der Waals surface area contributed by atoms with Crippen LogP contribution < -0.4 is 16.2 Å². The number of fused-ring (bicyclic) bond motifs is 2. The Bertz CT molecular complexity index is 1250. The summed E-state index contributed by atoms with van der Waals surface area (Å²) in [4.78, 5) is 36.2. The van der Waals surface area contributed by atoms with Crippen LogP contribution in [0.2, 0.25) is 0 Å². The largest absolute Gasteiger partial charge is 0.310 e. The van der Waals surface area contributed by atoms with Gasteiger partial charge >= 0.3 is 0 Å². The molecular formula is C24H30Cl2N6O2S. The second-order valence-corrected chi connectivity index (χ2v) is 9.68. The average molecular weight is 538 g/mol. The number of thioether (sulfide) groups is 1. The van der Waals surface area contributed by atoms with Crippen molar-refractivity contribution in [1.82, 2.24) is 24.8 Å². The zero-order valence-electron chi connectivity index (χ0n) is 19.5. The number of amides is 1. The van der Waals surface area contributed by atoms with Crippen LogP contribution in [0.3, 0.4) is 0 Å². The van der Waals surface area contributed by atoms with Crippen molar-refractivity contribution in [2.45, 2.75) is 36.7 Å². The van der Waals surface area contributed by atoms with Gasteiger partial charge in [-0.25, -0.2) is 4.98 Å². The molecule has 0 radical (unpaired) electrons. The van der Waals surface area contributed by atoms with E-state index < -0.39 is 0 Å². The fourth-order valence-corrected chi connectivity index (χ4v) is 5.34. The normalized spacial score (nSPS) is 16.2. The summed E-state index contributed by atoms with van der Waals surface area (Å²) in [6.07, 6.45) is 4.91. The van der Waals surface area contributed by atoms with Crippen molar-refractivity contribution in [3.63, 3.8) is 0 Å². The molecule has 5 heterocycles. The van der Waals surface area contributed by atoms with E-state index in [1.807, 2.05) is 37.5 Å². The summed E-state index contributed by atoms with van der Waals surface area (Å²) in [5.41, 5.74) is 3.93. The van der Waals surface area contributed by atoms with Crippen LogP contribution >= 0.6 is 36.6 Å². The minimum atomic E-state index is -0.00168. The number of rotatable bonds is 6. The summed E-state index contributed by atoms with van der Waals surface area (Å²) in [5.74, 6) is 1.16. The molecule has 0 spiro atoms. The first-order chi connectivity index (χ1) is 16.1. The molecule has 11 heteroatoms. The summed E-state index contributed by atoms with van der Waals surface area (Å²) in [7, 11) is 1.82. The van der Waals surface area contributed by atoms with E-state index in [2.05, 4.69) is 25.5 Å². The molecule has 188 valence electrons. The van der Waals surface area contributed by atoms with Gasteiger partial charge in [-0.05, 0) is 62.2 Å². The number of carbonyl (C=O) groups excluding carboxylic acids is 1. The molecule has 3 aromatic heterocycles. The molecule has 1 saturated heterocycles. The number of carbonyl (C=O) groups is 1. The summed E-state index contributed by atoms with van der Waals surface area (Å²) in [6.45, 7) is 3.77. The molecule has 1 amide bonds. The van der Waals surface area contributed by atoms with Gasteiger partial charge in [-0.1, -0.05) is 0 Å². The maximum atomic E-state index is 12.1. The molecule has 1 fully saturated rings. The van der Waals surface area contributed by atoms with Gasteiger partial charge in [0, 0.05) is 38.4 Å². The van der Waals surface area contributed by atoms with Crippen LogP contribution in [0.5, 0.6) is 0 Å². The van der Waals surface area contributed by atoms with E-state index in [-0.39, 0.29) is 36.3 Å². The third-order valence-corrected chi connectivity index (χ3v) is 7.52. The highest BCUT2D eigenvalue weighted by molar-refractivity contribution is 8.00. The molecule has 2 aliphatic rings. The third-order valence-electron chi connectivity index (χ3n) is 6.48. The van der Waals surface area contributed by atoms with Crippen LogP contribution in [0.15, 0.2) is 46.2 Å². The van der Waals surface area contributed by atoms with Gasteiger partial charge in [0.05, 0.1) is 27.4 Å². The molecule has 0 aliphatic carbocycles. The van der Waals surface area contributed by atoms with Gasteiger partial charge in [0.15, 0.2) is 0 Å². The maximum Gasteiger partial charge on any atom is 0.250 e. The number of aromatic nitrogens is 3. The lowest BCUT2D eigenvalue weighted by Crippen LogP contribution is -2.43. The highest BCUT2D eigenvalue weighted by Gasteiger charge is 2.20. The highest BCUT2D eigenvalue weighted by Crippen LogP contribution is 2.29. The summed E-state index contributed by atoms with van der Waals surface area (Å²) in [6, 6.07) is 9.96. The van der Waals surface area contributed by atoms with Crippen LogP contribution in [0.4, 0.5) is 5.82 Å². The first-order valence-corrected chi connectivity index (χ1v) is 12.4. The number of hydrogen-bond acceptors (Lipinski definition) is 7. The number of aryl methyl sites for hydroxylation is 1. The third kappa shape index (κ3) is 6.34. The van der Waals surface area contributed by atoms with Crippen molar-refractivity contribution in [2.75, 3.05) is 30.7 Å². The van der Waals surface area contributed by atoms with Crippen molar-refractivity contribution in [3.8, 4) is 0 Å². The van der Waals surface area contributed by atoms with Crippen LogP contribution in [0, 0.1) is 0 Å². The lowest BCUT2D eigenvalue weighted by molar-refractivity contribution is -0.113. The number of nitrogens with zero attached hydrogens (tertiary/aromatic N) is 4. The second-order valence-electron chi connectivity index (χ2n) is 8.67. The van der Waals surface area contributed by atoms with Gasteiger partial charge in [0.1, 0.15) is 5.82 Å². The van der Waals surface area contributed by atoms with E-state index >= 15 is 0 Å². The monoisotopic (exact) mass is 536 g/mol. The molecule has 5 rings (SSSR count). The lowest BCUT2D eigenvalue weighted by Gasteiger charge is -2.32. The quantitative estimate of drug-likeness (QED) is 0.500. The Morgan fingerprint density at radius 3 is 2.71 bits per heavy atom. The zero-order chi connectivity index (χ0) is 22.8. The predicted octanol–water partition coefficient (Wildman–Crippen LogP) is 3.01. The number of halogens is 2. The number of piperidine rings is 1. The average Bonchev–Trinajstić information content (AvgIpc) is 2.84. The van der Waals surface area contributed by atoms with Gasteiger partial charge in [0.25, 0.3) is 5.56 Å². The van der Waals surface area contributed by atoms with Gasteiger partial charge < -0.3 is 20.1 Å². The van der Waals surface area contributed by atoms with Crippen molar-refractivity contribution in [2.24, 2.45) is 7.05 Å². The Kier molecular flexibility index (Phi) is 9.54. The minimum Gasteiger partial charge on any atom is -0.310 e. The topological polar surface area (TPSA) is 92.2 Å². The molecule has 35 heavy (non-hydrogen) atoms. The molecule has 3 aromatic rings. The summed E-state index contributed by atoms with van der Waals surface area (Å²) < 4.78 is 1.70. The molecular weight excluding hydrogens is 507 g/mol. The number of anilines is 1. The molecule has 0 saturated carbocycles. The first-order valence-electron chi connectivity index (χ1n) is 11.4. The van der Waals surface area contributed by atoms with E-state index in [1.54, 1.807) is 10.6 Å². The van der Waals surface area contributed by atoms with Crippen LogP contribution in [-0.4, -0.2) is 56.8 Å². The Morgan fingerprint density at radius 1 is 1.11 bits per heavy atom. The number of likely N-dealkylation sites (tertiary alicyclic amines) is 1. The van der Waals surface area contributed by atoms with Crippen molar-refractivity contribution in [1.29, 1.82) is 0 Å². The van der Waals surface area contributed by atoms with E-state index in [0.717, 1.165) is 60.5 Å². The van der Waals surface area contributed by atoms with Gasteiger partial charge in [-0.2, -0.15) is 0 Å². The SMILES string of the molecule is Cl.Cl.Cn1c(=O)ccc2nccc(CCN3CCC(NCc4ccc5c(n4)NC(=O)CS5)CC3)c21. The van der Waals surface area contributed by atoms with Crippen molar-refractivity contribution < 1.29 is 4.79 Å². The van der Waals surface area contributed by atoms with Crippen LogP contribution in [0.1, 0.15) is 24.1 Å². The van der Waals surface area contributed by atoms with E-state index in [4.69, 9.17) is 0 Å². The molecule has 0 atom stereocenters. The number of hydrogen-bond donors (Lipinski definition) is 2. The number of pyridine rings is 3. The summed E-state index contributed by atoms with van der Waals surface area (Å²) in [5, 5.41) is 6.49. The fraction of sp³-hybridized carbons (Fsp3) is 0.417. The highest BCUT2D eigenvalue weighted by atomic mass is 35.5. The summed E-state index contributed by atoms with van der Waals surface area (Å²) >= 11 is 1.54. The van der Waals surface area contributed by atoms with Gasteiger partial charge in [0.2, 0.25) is 5.91 Å². The van der Waals surface area contributed by atoms with E-state index in [1.165, 1.54) is 17.3 Å². The van der Waals surface area contributed by atoms with Gasteiger partial charge in [-0.3, -0.25) is 14.6 Å². The Morgan fingerprint density at radius 2 is 1.91 bits per heavy atom. The molecule has 8 nitrogen and oxygen atoms in total. The Balaban J connectivity index is 0.00000171. The lowest BCUT2D eigenvalue weighted by atomic mass is 10.0. The van der Waals surface area contributed by atoms with Crippen molar-refractivity contribution in [3.05, 3.63) is 58.1 Å². The van der Waals surface area contributed by atoms with Crippen LogP contribution in [0.25, 0.3) is 11.0 Å². The van der Waals surface area contributed by atoms with E-state index in [9.17, 15) is 9.59 Å². The van der Waals surface area contributed by atoms with Crippen molar-refractivity contribution >= 4 is 59.3 Å². The predicted molar refractivity (Wildman–Crippen MR) is 145 cm³/mol. The van der Waals surface area contributed by atoms with Crippen LogP contribution in [-0.2, 0) is 24.8 Å². The standard InChI is InChI=1S/C24H28N6O2S.2ClH/c1-29-22(32)5-3-19-23(29)16(6-10-25-19)7-11-30-12-8-17(9-13-30)26-14-18-2-4-20-24(27-18)28-21(31)15-33-20;;/h2-6,10,17,26H,7-9,11-15H2,1H3,(H,27,28,31);2*1H. The minimum absolute atomic E-state index is 0. The molecule has 0 bridgehead atoms. The Labute approximate surface area is 221 Å². The number of nitrogens with one attached hydrogen (secondary N) is 2.